The molecule has 0 atom stereocenters. The van der Waals surface area contributed by atoms with Crippen molar-refractivity contribution in [2.75, 3.05) is 20.8 Å². The average molecular weight is 480 g/mol. The van der Waals surface area contributed by atoms with Crippen LogP contribution in [0.1, 0.15) is 17.3 Å². The van der Waals surface area contributed by atoms with Crippen LogP contribution in [0.5, 0.6) is 11.5 Å². The molecule has 3 rings (SSSR count). The maximum absolute atomic E-state index is 13.0. The molecule has 170 valence electrons. The highest BCUT2D eigenvalue weighted by molar-refractivity contribution is 7.89. The Bertz CT molecular complexity index is 1360. The summed E-state index contributed by atoms with van der Waals surface area (Å²) in [5, 5.41) is 5.22. The lowest BCUT2D eigenvalue weighted by atomic mass is 10.2. The highest BCUT2D eigenvalue weighted by atomic mass is 32.2. The number of amides is 1. The van der Waals surface area contributed by atoms with Gasteiger partial charge in [0.05, 0.1) is 41.5 Å². The van der Waals surface area contributed by atoms with E-state index in [-0.39, 0.29) is 34.2 Å². The highest BCUT2D eigenvalue weighted by Gasteiger charge is 2.19. The predicted molar refractivity (Wildman–Crippen MR) is 117 cm³/mol. The smallest absolute Gasteiger partial charge is 0.326 e. The van der Waals surface area contributed by atoms with Crippen LogP contribution in [-0.4, -0.2) is 45.7 Å². The number of esters is 1. The molecular formula is C20H21N3O7S2. The lowest BCUT2D eigenvalue weighted by molar-refractivity contribution is -0.143. The van der Waals surface area contributed by atoms with Gasteiger partial charge in [0, 0.05) is 0 Å². The third-order valence-electron chi connectivity index (χ3n) is 4.41. The van der Waals surface area contributed by atoms with Gasteiger partial charge in [-0.25, -0.2) is 13.6 Å². The van der Waals surface area contributed by atoms with Crippen LogP contribution in [0.25, 0.3) is 10.2 Å². The molecule has 2 aromatic carbocycles. The fraction of sp³-hybridized carbons (Fsp3) is 0.250. The molecule has 1 aromatic heterocycles. The summed E-state index contributed by atoms with van der Waals surface area (Å²) < 4.78 is 40.9. The SMILES string of the molecule is CCOC(=O)Cn1c(=NC(=O)c2cccc(OC)c2OC)sc2cc(S(N)(=O)=O)ccc21. The van der Waals surface area contributed by atoms with Crippen LogP contribution in [0, 0.1) is 0 Å². The molecule has 32 heavy (non-hydrogen) atoms. The van der Waals surface area contributed by atoms with Gasteiger partial charge in [0.15, 0.2) is 16.3 Å². The van der Waals surface area contributed by atoms with Gasteiger partial charge in [-0.2, -0.15) is 4.99 Å². The van der Waals surface area contributed by atoms with E-state index < -0.39 is 21.9 Å². The van der Waals surface area contributed by atoms with E-state index in [9.17, 15) is 18.0 Å². The Kier molecular flexibility index (Phi) is 6.96. The van der Waals surface area contributed by atoms with Gasteiger partial charge in [0.2, 0.25) is 10.0 Å². The topological polar surface area (TPSA) is 139 Å². The molecule has 1 heterocycles. The van der Waals surface area contributed by atoms with Crippen molar-refractivity contribution < 1.29 is 32.2 Å². The molecule has 12 heteroatoms. The third kappa shape index (κ3) is 4.82. The summed E-state index contributed by atoms with van der Waals surface area (Å²) in [7, 11) is -1.08. The number of rotatable bonds is 7. The fourth-order valence-corrected chi connectivity index (χ4v) is 4.69. The Morgan fingerprint density at radius 1 is 1.16 bits per heavy atom. The summed E-state index contributed by atoms with van der Waals surface area (Å²) >= 11 is 1.04. The van der Waals surface area contributed by atoms with Gasteiger partial charge in [-0.3, -0.25) is 9.59 Å². The minimum atomic E-state index is -3.93. The minimum Gasteiger partial charge on any atom is -0.493 e. The Morgan fingerprint density at radius 3 is 2.53 bits per heavy atom. The van der Waals surface area contributed by atoms with Crippen LogP contribution >= 0.6 is 11.3 Å². The van der Waals surface area contributed by atoms with Gasteiger partial charge in [-0.15, -0.1) is 0 Å². The van der Waals surface area contributed by atoms with Crippen molar-refractivity contribution in [3.8, 4) is 11.5 Å². The van der Waals surface area contributed by atoms with Crippen molar-refractivity contribution in [2.45, 2.75) is 18.4 Å². The summed E-state index contributed by atoms with van der Waals surface area (Å²) in [6.07, 6.45) is 0. The Balaban J connectivity index is 2.20. The number of primary sulfonamides is 1. The normalized spacial score (nSPS) is 12.1. The first kappa shape index (κ1) is 23.4. The first-order valence-corrected chi connectivity index (χ1v) is 11.7. The summed E-state index contributed by atoms with van der Waals surface area (Å²) in [6, 6.07) is 9.00. The van der Waals surface area contributed by atoms with E-state index in [1.807, 2.05) is 0 Å². The third-order valence-corrected chi connectivity index (χ3v) is 6.36. The molecule has 0 radical (unpaired) electrons. The maximum Gasteiger partial charge on any atom is 0.326 e. The van der Waals surface area contributed by atoms with Crippen molar-refractivity contribution in [2.24, 2.45) is 10.1 Å². The van der Waals surface area contributed by atoms with Crippen molar-refractivity contribution in [3.63, 3.8) is 0 Å². The Labute approximate surface area is 187 Å². The molecule has 1 amide bonds. The second-order valence-corrected chi connectivity index (χ2v) is 8.98. The van der Waals surface area contributed by atoms with Crippen LogP contribution in [0.2, 0.25) is 0 Å². The summed E-state index contributed by atoms with van der Waals surface area (Å²) in [4.78, 5) is 29.4. The zero-order chi connectivity index (χ0) is 23.5. The zero-order valence-electron chi connectivity index (χ0n) is 17.5. The number of nitrogens with two attached hydrogens (primary N) is 1. The van der Waals surface area contributed by atoms with Gasteiger partial charge in [0.25, 0.3) is 5.91 Å². The van der Waals surface area contributed by atoms with Gasteiger partial charge in [0.1, 0.15) is 6.54 Å². The first-order chi connectivity index (χ1) is 15.2. The molecular weight excluding hydrogens is 458 g/mol. The number of hydrogen-bond donors (Lipinski definition) is 1. The molecule has 0 saturated heterocycles. The number of hydrogen-bond acceptors (Lipinski definition) is 8. The zero-order valence-corrected chi connectivity index (χ0v) is 19.2. The van der Waals surface area contributed by atoms with E-state index in [4.69, 9.17) is 19.3 Å². The number of ether oxygens (including phenoxy) is 3. The number of carbonyl (C=O) groups is 2. The maximum atomic E-state index is 13.0. The van der Waals surface area contributed by atoms with Crippen molar-refractivity contribution in [1.29, 1.82) is 0 Å². The van der Waals surface area contributed by atoms with Crippen molar-refractivity contribution >= 4 is 43.5 Å². The molecule has 0 unspecified atom stereocenters. The number of aromatic nitrogens is 1. The van der Waals surface area contributed by atoms with Gasteiger partial charge in [-0.1, -0.05) is 17.4 Å². The van der Waals surface area contributed by atoms with Crippen LogP contribution in [-0.2, 0) is 26.1 Å². The van der Waals surface area contributed by atoms with E-state index in [0.29, 0.717) is 16.0 Å². The highest BCUT2D eigenvalue weighted by Crippen LogP contribution is 2.31. The van der Waals surface area contributed by atoms with E-state index in [1.165, 1.54) is 43.1 Å². The molecule has 0 aliphatic heterocycles. The molecule has 0 aliphatic rings. The van der Waals surface area contributed by atoms with Crippen LogP contribution in [0.4, 0.5) is 0 Å². The summed E-state index contributed by atoms with van der Waals surface area (Å²) in [6.45, 7) is 1.64. The molecule has 0 spiro atoms. The summed E-state index contributed by atoms with van der Waals surface area (Å²) in [5.74, 6) is -0.576. The van der Waals surface area contributed by atoms with Crippen LogP contribution in [0.3, 0.4) is 0 Å². The molecule has 10 nitrogen and oxygen atoms in total. The monoisotopic (exact) mass is 479 g/mol. The molecule has 0 fully saturated rings. The minimum absolute atomic E-state index is 0.0955. The first-order valence-electron chi connectivity index (χ1n) is 9.31. The average Bonchev–Trinajstić information content (AvgIpc) is 3.08. The molecule has 3 aromatic rings. The Hall–Kier alpha value is -3.22. The van der Waals surface area contributed by atoms with Gasteiger partial charge in [-0.05, 0) is 37.3 Å². The Morgan fingerprint density at radius 2 is 1.91 bits per heavy atom. The lowest BCUT2D eigenvalue weighted by Crippen LogP contribution is -2.23. The number of thiazole rings is 1. The number of carbonyl (C=O) groups excluding carboxylic acids is 2. The van der Waals surface area contributed by atoms with Crippen LogP contribution in [0.15, 0.2) is 46.3 Å². The summed E-state index contributed by atoms with van der Waals surface area (Å²) in [5.41, 5.74) is 0.664. The number of fused-ring (bicyclic) bond motifs is 1. The second kappa shape index (κ2) is 9.51. The lowest BCUT2D eigenvalue weighted by Gasteiger charge is -2.10. The molecule has 0 bridgehead atoms. The number of benzene rings is 2. The van der Waals surface area contributed by atoms with E-state index in [1.54, 1.807) is 19.1 Å². The van der Waals surface area contributed by atoms with Gasteiger partial charge < -0.3 is 18.8 Å². The second-order valence-electron chi connectivity index (χ2n) is 6.41. The number of sulfonamides is 1. The fourth-order valence-electron chi connectivity index (χ4n) is 3.01. The van der Waals surface area contributed by atoms with Gasteiger partial charge >= 0.3 is 5.97 Å². The number of nitrogens with zero attached hydrogens (tertiary/aromatic N) is 2. The van der Waals surface area contributed by atoms with Crippen molar-refractivity contribution in [1.82, 2.24) is 4.57 Å². The van der Waals surface area contributed by atoms with E-state index >= 15 is 0 Å². The predicted octanol–water partition coefficient (Wildman–Crippen LogP) is 1.67. The number of para-hydroxylation sites is 1. The van der Waals surface area contributed by atoms with E-state index in [0.717, 1.165) is 11.3 Å². The standard InChI is InChI=1S/C20H21N3O7S2/c1-4-30-17(24)11-23-14-9-8-12(32(21,26)27)10-16(14)31-20(23)22-19(25)13-6-5-7-15(28-2)18(13)29-3/h5-10H,4,11H2,1-3H3,(H2,21,26,27). The molecule has 2 N–H and O–H groups in total. The molecule has 0 aliphatic carbocycles. The van der Waals surface area contributed by atoms with E-state index in [2.05, 4.69) is 4.99 Å². The largest absolute Gasteiger partial charge is 0.493 e. The van der Waals surface area contributed by atoms with Crippen molar-refractivity contribution in [3.05, 3.63) is 46.8 Å². The quantitative estimate of drug-likeness (QED) is 0.509. The van der Waals surface area contributed by atoms with Crippen LogP contribution < -0.4 is 19.4 Å². The molecule has 0 saturated carbocycles. The number of methoxy groups -OCH3 is 2.